The van der Waals surface area contributed by atoms with Gasteiger partial charge < -0.3 is 9.30 Å². The molecule has 0 aliphatic carbocycles. The highest BCUT2D eigenvalue weighted by atomic mass is 32.1. The number of thiazole rings is 1. The summed E-state index contributed by atoms with van der Waals surface area (Å²) in [7, 11) is 0. The second kappa shape index (κ2) is 8.16. The molecule has 2 heterocycles. The highest BCUT2D eigenvalue weighted by Crippen LogP contribution is 2.23. The van der Waals surface area contributed by atoms with E-state index < -0.39 is 5.91 Å². The fourth-order valence-electron chi connectivity index (χ4n) is 3.33. The van der Waals surface area contributed by atoms with Gasteiger partial charge in [-0.05, 0) is 56.2 Å². The van der Waals surface area contributed by atoms with Gasteiger partial charge in [-0.1, -0.05) is 17.4 Å². The first-order valence-corrected chi connectivity index (χ1v) is 10.3. The molecule has 152 valence electrons. The van der Waals surface area contributed by atoms with Crippen molar-refractivity contribution in [3.05, 3.63) is 64.2 Å². The standard InChI is InChI=1S/C22H20N4O3S/c1-4-29-19(27)12-26-18-10-13(2)9-14(3)20(18)30-22(26)25-21(28)15-5-6-16-17(11-15)24-8-7-23-16/h5-11H,4,12H2,1-3H3. The van der Waals surface area contributed by atoms with Crippen molar-refractivity contribution in [2.45, 2.75) is 27.3 Å². The molecule has 0 bridgehead atoms. The van der Waals surface area contributed by atoms with Gasteiger partial charge in [-0.25, -0.2) is 0 Å². The number of carbonyl (C=O) groups excluding carboxylic acids is 2. The maximum absolute atomic E-state index is 12.9. The van der Waals surface area contributed by atoms with Gasteiger partial charge in [0, 0.05) is 18.0 Å². The van der Waals surface area contributed by atoms with Gasteiger partial charge in [-0.3, -0.25) is 19.6 Å². The fourth-order valence-corrected chi connectivity index (χ4v) is 4.41. The molecule has 0 aliphatic heterocycles. The van der Waals surface area contributed by atoms with Gasteiger partial charge in [0.15, 0.2) is 4.80 Å². The lowest BCUT2D eigenvalue weighted by atomic mass is 10.1. The van der Waals surface area contributed by atoms with E-state index in [1.807, 2.05) is 19.9 Å². The Bertz CT molecular complexity index is 1350. The SMILES string of the molecule is CCOC(=O)Cn1c(=NC(=O)c2ccc3nccnc3c2)sc2c(C)cc(C)cc21. The van der Waals surface area contributed by atoms with Crippen LogP contribution in [-0.2, 0) is 16.1 Å². The third kappa shape index (κ3) is 3.86. The molecule has 0 unspecified atom stereocenters. The number of carbonyl (C=O) groups is 2. The second-order valence-electron chi connectivity index (χ2n) is 6.88. The summed E-state index contributed by atoms with van der Waals surface area (Å²) in [6.07, 6.45) is 3.19. The van der Waals surface area contributed by atoms with Crippen molar-refractivity contribution >= 4 is 44.5 Å². The Morgan fingerprint density at radius 3 is 2.63 bits per heavy atom. The largest absolute Gasteiger partial charge is 0.465 e. The molecule has 7 nitrogen and oxygen atoms in total. The summed E-state index contributed by atoms with van der Waals surface area (Å²) in [5.74, 6) is -0.771. The fraction of sp³-hybridized carbons (Fsp3) is 0.227. The average molecular weight is 420 g/mol. The number of nitrogens with zero attached hydrogens (tertiary/aromatic N) is 4. The van der Waals surface area contributed by atoms with E-state index in [-0.39, 0.29) is 12.5 Å². The van der Waals surface area contributed by atoms with E-state index >= 15 is 0 Å². The van der Waals surface area contributed by atoms with Crippen LogP contribution in [0.5, 0.6) is 0 Å². The lowest BCUT2D eigenvalue weighted by Gasteiger charge is -2.06. The topological polar surface area (TPSA) is 86.4 Å². The van der Waals surface area contributed by atoms with Crippen LogP contribution in [0.2, 0.25) is 0 Å². The lowest BCUT2D eigenvalue weighted by molar-refractivity contribution is -0.143. The van der Waals surface area contributed by atoms with Crippen molar-refractivity contribution in [1.82, 2.24) is 14.5 Å². The first kappa shape index (κ1) is 19.9. The summed E-state index contributed by atoms with van der Waals surface area (Å²) in [5.41, 5.74) is 4.75. The quantitative estimate of drug-likeness (QED) is 0.471. The molecule has 2 aromatic heterocycles. The molecule has 8 heteroatoms. The molecule has 0 atom stereocenters. The van der Waals surface area contributed by atoms with Crippen LogP contribution in [0.3, 0.4) is 0 Å². The first-order chi connectivity index (χ1) is 14.5. The molecule has 2 aromatic carbocycles. The van der Waals surface area contributed by atoms with E-state index in [9.17, 15) is 9.59 Å². The zero-order chi connectivity index (χ0) is 21.3. The molecule has 4 rings (SSSR count). The van der Waals surface area contributed by atoms with Crippen molar-refractivity contribution in [3.8, 4) is 0 Å². The van der Waals surface area contributed by atoms with Crippen molar-refractivity contribution < 1.29 is 14.3 Å². The summed E-state index contributed by atoms with van der Waals surface area (Å²) in [6.45, 7) is 6.06. The average Bonchev–Trinajstić information content (AvgIpc) is 3.05. The summed E-state index contributed by atoms with van der Waals surface area (Å²) < 4.78 is 7.85. The van der Waals surface area contributed by atoms with Gasteiger partial charge in [-0.2, -0.15) is 4.99 Å². The van der Waals surface area contributed by atoms with Crippen LogP contribution in [0, 0.1) is 13.8 Å². The Morgan fingerprint density at radius 2 is 1.87 bits per heavy atom. The van der Waals surface area contributed by atoms with Gasteiger partial charge in [0.05, 0.1) is 27.9 Å². The number of amides is 1. The highest BCUT2D eigenvalue weighted by molar-refractivity contribution is 7.16. The highest BCUT2D eigenvalue weighted by Gasteiger charge is 2.15. The second-order valence-corrected chi connectivity index (χ2v) is 7.86. The molecule has 0 fully saturated rings. The van der Waals surface area contributed by atoms with Crippen molar-refractivity contribution in [1.29, 1.82) is 0 Å². The number of fused-ring (bicyclic) bond motifs is 2. The van der Waals surface area contributed by atoms with Gasteiger partial charge in [-0.15, -0.1) is 0 Å². The minimum absolute atomic E-state index is 0.00789. The Hall–Kier alpha value is -3.39. The van der Waals surface area contributed by atoms with Crippen LogP contribution in [0.4, 0.5) is 0 Å². The molecule has 1 amide bonds. The number of aromatic nitrogens is 3. The molecule has 0 saturated carbocycles. The lowest BCUT2D eigenvalue weighted by Crippen LogP contribution is -2.23. The number of hydrogen-bond donors (Lipinski definition) is 0. The van der Waals surface area contributed by atoms with Crippen molar-refractivity contribution in [2.24, 2.45) is 4.99 Å². The van der Waals surface area contributed by atoms with Crippen LogP contribution in [0.1, 0.15) is 28.4 Å². The number of hydrogen-bond acceptors (Lipinski definition) is 6. The van der Waals surface area contributed by atoms with Gasteiger partial charge in [0.2, 0.25) is 0 Å². The van der Waals surface area contributed by atoms with E-state index in [0.717, 1.165) is 21.3 Å². The predicted octanol–water partition coefficient (Wildman–Crippen LogP) is 3.57. The molecule has 0 spiro atoms. The first-order valence-electron chi connectivity index (χ1n) is 9.52. The number of aryl methyl sites for hydroxylation is 2. The van der Waals surface area contributed by atoms with E-state index in [0.29, 0.717) is 28.0 Å². The molecular weight excluding hydrogens is 400 g/mol. The summed E-state index contributed by atoms with van der Waals surface area (Å²) in [5, 5.41) is 0. The normalized spacial score (nSPS) is 11.9. The Balaban J connectivity index is 1.84. The van der Waals surface area contributed by atoms with Crippen LogP contribution < -0.4 is 4.80 Å². The zero-order valence-corrected chi connectivity index (χ0v) is 17.7. The minimum Gasteiger partial charge on any atom is -0.465 e. The smallest absolute Gasteiger partial charge is 0.326 e. The number of ether oxygens (including phenoxy) is 1. The van der Waals surface area contributed by atoms with Gasteiger partial charge in [0.1, 0.15) is 6.54 Å². The maximum Gasteiger partial charge on any atom is 0.326 e. The number of esters is 1. The van der Waals surface area contributed by atoms with Crippen molar-refractivity contribution in [2.75, 3.05) is 6.61 Å². The van der Waals surface area contributed by atoms with E-state index in [1.165, 1.54) is 11.3 Å². The van der Waals surface area contributed by atoms with E-state index in [4.69, 9.17) is 4.74 Å². The monoisotopic (exact) mass is 420 g/mol. The third-order valence-corrected chi connectivity index (χ3v) is 5.85. The number of benzene rings is 2. The predicted molar refractivity (Wildman–Crippen MR) is 115 cm³/mol. The molecular formula is C22H20N4O3S. The minimum atomic E-state index is -0.402. The number of rotatable bonds is 4. The van der Waals surface area contributed by atoms with E-state index in [1.54, 1.807) is 42.1 Å². The van der Waals surface area contributed by atoms with Gasteiger partial charge in [0.25, 0.3) is 5.91 Å². The Labute approximate surface area is 176 Å². The Kier molecular flexibility index (Phi) is 5.41. The van der Waals surface area contributed by atoms with Gasteiger partial charge >= 0.3 is 5.97 Å². The van der Waals surface area contributed by atoms with Crippen LogP contribution in [-0.4, -0.2) is 33.0 Å². The molecule has 4 aromatic rings. The zero-order valence-electron chi connectivity index (χ0n) is 16.9. The molecule has 0 N–H and O–H groups in total. The molecule has 30 heavy (non-hydrogen) atoms. The third-order valence-electron chi connectivity index (χ3n) is 4.62. The van der Waals surface area contributed by atoms with Crippen LogP contribution in [0.15, 0.2) is 47.7 Å². The molecule has 0 aliphatic rings. The molecule has 0 saturated heterocycles. The maximum atomic E-state index is 12.9. The van der Waals surface area contributed by atoms with Crippen LogP contribution >= 0.6 is 11.3 Å². The van der Waals surface area contributed by atoms with Crippen molar-refractivity contribution in [3.63, 3.8) is 0 Å². The summed E-state index contributed by atoms with van der Waals surface area (Å²) in [6, 6.07) is 9.17. The van der Waals surface area contributed by atoms with E-state index in [2.05, 4.69) is 21.0 Å². The molecule has 0 radical (unpaired) electrons. The Morgan fingerprint density at radius 1 is 1.10 bits per heavy atom. The summed E-state index contributed by atoms with van der Waals surface area (Å²) >= 11 is 1.39. The summed E-state index contributed by atoms with van der Waals surface area (Å²) in [4.78, 5) is 38.4. The van der Waals surface area contributed by atoms with Crippen LogP contribution in [0.25, 0.3) is 21.3 Å².